The SMILES string of the molecule is C=C[C@@H]1CC[C@@H]2[C@]3(CC[C@]4(C)[C@@H]([C@H](C)[C@H]5CC=C(C)C(=O)O5)CC[C@@]24C)C[C@]13CCC(=O)OC. The van der Waals surface area contributed by atoms with E-state index in [0.717, 1.165) is 18.4 Å². The molecule has 188 valence electrons. The molecule has 4 nitrogen and oxygen atoms in total. The number of rotatable bonds is 6. The lowest BCUT2D eigenvalue weighted by molar-refractivity contribution is -0.155. The topological polar surface area (TPSA) is 52.6 Å². The zero-order chi connectivity index (χ0) is 24.5. The monoisotopic (exact) mass is 468 g/mol. The molecule has 0 unspecified atom stereocenters. The van der Waals surface area contributed by atoms with Gasteiger partial charge in [-0.1, -0.05) is 32.9 Å². The Morgan fingerprint density at radius 1 is 1.24 bits per heavy atom. The lowest BCUT2D eigenvalue weighted by Gasteiger charge is -2.61. The fourth-order valence-corrected chi connectivity index (χ4v) is 10.2. The largest absolute Gasteiger partial charge is 0.469 e. The molecule has 4 heteroatoms. The minimum absolute atomic E-state index is 0.00726. The summed E-state index contributed by atoms with van der Waals surface area (Å²) < 4.78 is 10.9. The van der Waals surface area contributed by atoms with Gasteiger partial charge in [0.2, 0.25) is 0 Å². The lowest BCUT2D eigenvalue weighted by Crippen LogP contribution is -2.54. The molecule has 0 saturated heterocycles. The minimum Gasteiger partial charge on any atom is -0.469 e. The van der Waals surface area contributed by atoms with Crippen LogP contribution in [-0.4, -0.2) is 25.2 Å². The quantitative estimate of drug-likeness (QED) is 0.324. The standard InChI is InChI=1S/C30H44O4/c1-7-21-9-11-24-28(5)14-12-22(20(3)23-10-8-19(2)26(32)34-23)27(28,4)16-17-30(24)18-29(21,30)15-13-25(31)33-6/h7-8,20-24H,1,9-18H2,2-6H3/t20-,21+,22+,23+,24-,27+,28-,29+,30-/m0/s1. The lowest BCUT2D eigenvalue weighted by atomic mass is 9.44. The highest BCUT2D eigenvalue weighted by atomic mass is 16.5. The molecule has 9 atom stereocenters. The smallest absolute Gasteiger partial charge is 0.333 e. The predicted molar refractivity (Wildman–Crippen MR) is 133 cm³/mol. The third-order valence-electron chi connectivity index (χ3n) is 12.3. The van der Waals surface area contributed by atoms with Crippen molar-refractivity contribution in [2.75, 3.05) is 7.11 Å². The van der Waals surface area contributed by atoms with Gasteiger partial charge in [0.1, 0.15) is 6.10 Å². The van der Waals surface area contributed by atoms with Crippen LogP contribution in [0.1, 0.15) is 91.9 Å². The van der Waals surface area contributed by atoms with Crippen molar-refractivity contribution < 1.29 is 19.1 Å². The highest BCUT2D eigenvalue weighted by molar-refractivity contribution is 5.88. The summed E-state index contributed by atoms with van der Waals surface area (Å²) in [5.41, 5.74) is 1.92. The van der Waals surface area contributed by atoms with Crippen LogP contribution >= 0.6 is 0 Å². The molecule has 0 aromatic heterocycles. The maximum Gasteiger partial charge on any atom is 0.333 e. The Bertz CT molecular complexity index is 921. The van der Waals surface area contributed by atoms with Crippen LogP contribution in [0.4, 0.5) is 0 Å². The minimum atomic E-state index is -0.132. The Morgan fingerprint density at radius 2 is 2.00 bits per heavy atom. The van der Waals surface area contributed by atoms with Gasteiger partial charge in [-0.15, -0.1) is 6.58 Å². The number of cyclic esters (lactones) is 1. The van der Waals surface area contributed by atoms with Gasteiger partial charge in [-0.3, -0.25) is 4.79 Å². The molecule has 0 aromatic carbocycles. The van der Waals surface area contributed by atoms with E-state index >= 15 is 0 Å². The van der Waals surface area contributed by atoms with Crippen LogP contribution in [-0.2, 0) is 19.1 Å². The summed E-state index contributed by atoms with van der Waals surface area (Å²) in [4.78, 5) is 24.4. The van der Waals surface area contributed by atoms with Gasteiger partial charge in [0, 0.05) is 18.4 Å². The van der Waals surface area contributed by atoms with Crippen molar-refractivity contribution in [1.29, 1.82) is 0 Å². The maximum absolute atomic E-state index is 12.3. The Kier molecular flexibility index (Phi) is 5.65. The summed E-state index contributed by atoms with van der Waals surface area (Å²) in [7, 11) is 1.50. The van der Waals surface area contributed by atoms with Crippen molar-refractivity contribution in [2.45, 2.75) is 98.0 Å². The Morgan fingerprint density at radius 3 is 2.68 bits per heavy atom. The van der Waals surface area contributed by atoms with E-state index < -0.39 is 0 Å². The Hall–Kier alpha value is -1.58. The number of fused-ring (bicyclic) bond motifs is 2. The first-order valence-electron chi connectivity index (χ1n) is 13.7. The van der Waals surface area contributed by atoms with E-state index in [1.807, 2.05) is 6.92 Å². The zero-order valence-electron chi connectivity index (χ0n) is 22.0. The Balaban J connectivity index is 1.41. The highest BCUT2D eigenvalue weighted by Crippen LogP contribution is 2.87. The second-order valence-electron chi connectivity index (χ2n) is 12.9. The van der Waals surface area contributed by atoms with E-state index in [2.05, 4.69) is 39.5 Å². The summed E-state index contributed by atoms with van der Waals surface area (Å²) in [5.74, 6) is 1.99. The molecule has 0 radical (unpaired) electrons. The molecule has 34 heavy (non-hydrogen) atoms. The first-order valence-corrected chi connectivity index (χ1v) is 13.7. The first kappa shape index (κ1) is 24.1. The molecule has 0 bridgehead atoms. The van der Waals surface area contributed by atoms with E-state index in [-0.39, 0.29) is 28.9 Å². The van der Waals surface area contributed by atoms with E-state index in [1.54, 1.807) is 0 Å². The van der Waals surface area contributed by atoms with Gasteiger partial charge in [0.15, 0.2) is 0 Å². The molecule has 5 aliphatic rings. The van der Waals surface area contributed by atoms with Crippen molar-refractivity contribution in [3.05, 3.63) is 24.3 Å². The van der Waals surface area contributed by atoms with Crippen LogP contribution in [0.5, 0.6) is 0 Å². The van der Waals surface area contributed by atoms with Crippen molar-refractivity contribution in [3.8, 4) is 0 Å². The van der Waals surface area contributed by atoms with Crippen molar-refractivity contribution in [1.82, 2.24) is 0 Å². The second kappa shape index (κ2) is 7.96. The fraction of sp³-hybridized carbons (Fsp3) is 0.800. The maximum atomic E-state index is 12.3. The molecule has 4 aliphatic carbocycles. The molecular weight excluding hydrogens is 424 g/mol. The number of hydrogen-bond donors (Lipinski definition) is 0. The number of methoxy groups -OCH3 is 1. The van der Waals surface area contributed by atoms with Gasteiger partial charge >= 0.3 is 11.9 Å². The van der Waals surface area contributed by atoms with E-state index in [4.69, 9.17) is 9.47 Å². The number of allylic oxidation sites excluding steroid dienone is 1. The molecule has 0 N–H and O–H groups in total. The third kappa shape index (κ3) is 3.02. The molecule has 0 aromatic rings. The summed E-state index contributed by atoms with van der Waals surface area (Å²) in [6, 6.07) is 0. The number of esters is 2. The van der Waals surface area contributed by atoms with E-state index in [1.165, 1.54) is 52.1 Å². The van der Waals surface area contributed by atoms with Gasteiger partial charge in [-0.2, -0.15) is 0 Å². The first-order chi connectivity index (χ1) is 16.1. The number of carbonyl (C=O) groups is 2. The van der Waals surface area contributed by atoms with Crippen LogP contribution in [0.3, 0.4) is 0 Å². The van der Waals surface area contributed by atoms with Crippen molar-refractivity contribution in [3.63, 3.8) is 0 Å². The third-order valence-corrected chi connectivity index (χ3v) is 12.3. The number of ether oxygens (including phenoxy) is 2. The molecular formula is C30H44O4. The molecule has 1 spiro atoms. The molecule has 1 heterocycles. The van der Waals surface area contributed by atoms with Crippen LogP contribution in [0.15, 0.2) is 24.3 Å². The van der Waals surface area contributed by atoms with Gasteiger partial charge in [0.25, 0.3) is 0 Å². The highest BCUT2D eigenvalue weighted by Gasteiger charge is 2.79. The molecule has 0 amide bonds. The van der Waals surface area contributed by atoms with Crippen LogP contribution < -0.4 is 0 Å². The van der Waals surface area contributed by atoms with Gasteiger partial charge in [-0.25, -0.2) is 4.79 Å². The van der Waals surface area contributed by atoms with Crippen LogP contribution in [0.25, 0.3) is 0 Å². The van der Waals surface area contributed by atoms with Gasteiger partial charge in [-0.05, 0) is 104 Å². The van der Waals surface area contributed by atoms with E-state index in [9.17, 15) is 9.59 Å². The van der Waals surface area contributed by atoms with Crippen molar-refractivity contribution >= 4 is 11.9 Å². The van der Waals surface area contributed by atoms with Crippen LogP contribution in [0, 0.1) is 45.3 Å². The van der Waals surface area contributed by atoms with Crippen LogP contribution in [0.2, 0.25) is 0 Å². The number of carbonyl (C=O) groups excluding carboxylic acids is 2. The fourth-order valence-electron chi connectivity index (χ4n) is 10.2. The predicted octanol–water partition coefficient (Wildman–Crippen LogP) is 6.64. The van der Waals surface area contributed by atoms with E-state index in [0.29, 0.717) is 40.9 Å². The molecule has 4 saturated carbocycles. The van der Waals surface area contributed by atoms with Gasteiger partial charge < -0.3 is 9.47 Å². The number of hydrogen-bond acceptors (Lipinski definition) is 4. The zero-order valence-corrected chi connectivity index (χ0v) is 22.0. The summed E-state index contributed by atoms with van der Waals surface area (Å²) in [5, 5.41) is 0. The average Bonchev–Trinajstić information content (AvgIpc) is 3.42. The summed E-state index contributed by atoms with van der Waals surface area (Å²) in [6.45, 7) is 13.6. The summed E-state index contributed by atoms with van der Waals surface area (Å²) >= 11 is 0. The molecule has 5 rings (SSSR count). The van der Waals surface area contributed by atoms with Crippen molar-refractivity contribution in [2.24, 2.45) is 45.3 Å². The summed E-state index contributed by atoms with van der Waals surface area (Å²) in [6.07, 6.45) is 15.4. The van der Waals surface area contributed by atoms with Gasteiger partial charge in [0.05, 0.1) is 7.11 Å². The molecule has 1 aliphatic heterocycles. The Labute approximate surface area is 205 Å². The molecule has 4 fully saturated rings. The normalized spacial score (nSPS) is 47.9. The average molecular weight is 469 g/mol. The second-order valence-corrected chi connectivity index (χ2v) is 12.9.